The molecule has 4 heteroatoms. The van der Waals surface area contributed by atoms with Crippen LogP contribution in [0.3, 0.4) is 0 Å². The lowest BCUT2D eigenvalue weighted by atomic mass is 10.1. The lowest BCUT2D eigenvalue weighted by molar-refractivity contribution is -0.121. The Hall–Kier alpha value is -2.49. The number of rotatable bonds is 7. The molecule has 0 radical (unpaired) electrons. The summed E-state index contributed by atoms with van der Waals surface area (Å²) < 4.78 is 0. The van der Waals surface area contributed by atoms with Crippen molar-refractivity contribution in [3.8, 4) is 0 Å². The van der Waals surface area contributed by atoms with Gasteiger partial charge in [-0.3, -0.25) is 4.79 Å². The van der Waals surface area contributed by atoms with E-state index in [9.17, 15) is 4.79 Å². The predicted molar refractivity (Wildman–Crippen MR) is 109 cm³/mol. The van der Waals surface area contributed by atoms with Crippen LogP contribution in [-0.2, 0) is 11.3 Å². The van der Waals surface area contributed by atoms with Gasteiger partial charge in [0.15, 0.2) is 0 Å². The van der Waals surface area contributed by atoms with Crippen molar-refractivity contribution in [2.45, 2.75) is 39.2 Å². The van der Waals surface area contributed by atoms with E-state index in [0.717, 1.165) is 18.8 Å². The van der Waals surface area contributed by atoms with Crippen LogP contribution in [-0.4, -0.2) is 25.5 Å². The van der Waals surface area contributed by atoms with Crippen LogP contribution in [0.1, 0.15) is 36.8 Å². The van der Waals surface area contributed by atoms with Gasteiger partial charge in [0.05, 0.1) is 0 Å². The maximum Gasteiger partial charge on any atom is 0.222 e. The Morgan fingerprint density at radius 2 is 1.73 bits per heavy atom. The van der Waals surface area contributed by atoms with Gasteiger partial charge in [-0.15, -0.1) is 0 Å². The van der Waals surface area contributed by atoms with Crippen LogP contribution >= 0.6 is 0 Å². The minimum atomic E-state index is 0.0747. The Bertz CT molecular complexity index is 706. The number of aryl methyl sites for hydroxylation is 1. The van der Waals surface area contributed by atoms with E-state index in [1.165, 1.54) is 36.1 Å². The number of carbonyl (C=O) groups is 1. The van der Waals surface area contributed by atoms with Crippen molar-refractivity contribution in [2.24, 2.45) is 0 Å². The number of benzene rings is 2. The van der Waals surface area contributed by atoms with Crippen LogP contribution in [0.2, 0.25) is 0 Å². The second-order valence-electron chi connectivity index (χ2n) is 6.97. The van der Waals surface area contributed by atoms with Gasteiger partial charge in [-0.25, -0.2) is 0 Å². The topological polar surface area (TPSA) is 44.4 Å². The quantitative estimate of drug-likeness (QED) is 0.789. The highest BCUT2D eigenvalue weighted by molar-refractivity contribution is 5.76. The van der Waals surface area contributed by atoms with Gasteiger partial charge < -0.3 is 15.5 Å². The fourth-order valence-electron chi connectivity index (χ4n) is 3.35. The van der Waals surface area contributed by atoms with Gasteiger partial charge in [0.25, 0.3) is 0 Å². The number of nitrogens with one attached hydrogen (secondary N) is 2. The van der Waals surface area contributed by atoms with Crippen LogP contribution in [0, 0.1) is 6.92 Å². The predicted octanol–water partition coefficient (Wildman–Crippen LogP) is 4.10. The minimum absolute atomic E-state index is 0.0747. The maximum absolute atomic E-state index is 12.0. The molecule has 3 rings (SSSR count). The summed E-state index contributed by atoms with van der Waals surface area (Å²) in [6, 6.07) is 16.7. The number of hydrogen-bond acceptors (Lipinski definition) is 3. The van der Waals surface area contributed by atoms with Gasteiger partial charge in [-0.05, 0) is 61.6 Å². The van der Waals surface area contributed by atoms with Crippen molar-refractivity contribution in [3.63, 3.8) is 0 Å². The molecule has 0 aromatic heterocycles. The molecule has 0 bridgehead atoms. The van der Waals surface area contributed by atoms with Crippen molar-refractivity contribution in [1.82, 2.24) is 5.32 Å². The second kappa shape index (κ2) is 9.27. The lowest BCUT2D eigenvalue weighted by Crippen LogP contribution is -2.29. The number of piperidine rings is 1. The van der Waals surface area contributed by atoms with Crippen LogP contribution in [0.5, 0.6) is 0 Å². The summed E-state index contributed by atoms with van der Waals surface area (Å²) in [5, 5.41) is 6.33. The average molecular weight is 351 g/mol. The zero-order chi connectivity index (χ0) is 18.2. The van der Waals surface area contributed by atoms with Gasteiger partial charge >= 0.3 is 0 Å². The molecule has 2 N–H and O–H groups in total. The molecule has 4 nitrogen and oxygen atoms in total. The van der Waals surface area contributed by atoms with E-state index >= 15 is 0 Å². The molecule has 0 atom stereocenters. The third-order valence-corrected chi connectivity index (χ3v) is 5.01. The summed E-state index contributed by atoms with van der Waals surface area (Å²) in [7, 11) is 0. The Morgan fingerprint density at radius 3 is 2.46 bits per heavy atom. The monoisotopic (exact) mass is 351 g/mol. The lowest BCUT2D eigenvalue weighted by Gasteiger charge is -2.28. The van der Waals surface area contributed by atoms with Crippen LogP contribution in [0.25, 0.3) is 0 Å². The fraction of sp³-hybridized carbons (Fsp3) is 0.409. The summed E-state index contributed by atoms with van der Waals surface area (Å²) in [4.78, 5) is 14.5. The summed E-state index contributed by atoms with van der Waals surface area (Å²) in [5.74, 6) is 0.0747. The molecule has 2 aromatic carbocycles. The van der Waals surface area contributed by atoms with E-state index in [-0.39, 0.29) is 5.91 Å². The zero-order valence-corrected chi connectivity index (χ0v) is 15.6. The molecule has 1 fully saturated rings. The normalized spacial score (nSPS) is 14.1. The maximum atomic E-state index is 12.0. The van der Waals surface area contributed by atoms with Crippen molar-refractivity contribution in [2.75, 3.05) is 29.9 Å². The first-order valence-electron chi connectivity index (χ1n) is 9.62. The molecule has 1 aliphatic heterocycles. The molecule has 26 heavy (non-hydrogen) atoms. The number of anilines is 2. The van der Waals surface area contributed by atoms with Gasteiger partial charge in [0.1, 0.15) is 0 Å². The third-order valence-electron chi connectivity index (χ3n) is 5.01. The molecule has 138 valence electrons. The highest BCUT2D eigenvalue weighted by atomic mass is 16.1. The van der Waals surface area contributed by atoms with Gasteiger partial charge in [-0.1, -0.05) is 24.3 Å². The Morgan fingerprint density at radius 1 is 1.00 bits per heavy atom. The standard InChI is InChI=1S/C22H29N3O/c1-18-7-3-4-8-19(18)17-24-22(26)13-14-23-20-9-11-21(12-10-20)25-15-5-2-6-16-25/h3-4,7-12,23H,2,5-6,13-17H2,1H3,(H,24,26). The zero-order valence-electron chi connectivity index (χ0n) is 15.6. The highest BCUT2D eigenvalue weighted by Crippen LogP contribution is 2.21. The van der Waals surface area contributed by atoms with Crippen molar-refractivity contribution < 1.29 is 4.79 Å². The van der Waals surface area contributed by atoms with Crippen molar-refractivity contribution >= 4 is 17.3 Å². The van der Waals surface area contributed by atoms with E-state index in [0.29, 0.717) is 19.5 Å². The molecule has 1 saturated heterocycles. The molecule has 0 aliphatic carbocycles. The Kier molecular flexibility index (Phi) is 6.53. The van der Waals surface area contributed by atoms with E-state index < -0.39 is 0 Å². The molecule has 0 spiro atoms. The van der Waals surface area contributed by atoms with Crippen LogP contribution in [0.4, 0.5) is 11.4 Å². The SMILES string of the molecule is Cc1ccccc1CNC(=O)CCNc1ccc(N2CCCCC2)cc1. The van der Waals surface area contributed by atoms with E-state index in [4.69, 9.17) is 0 Å². The van der Waals surface area contributed by atoms with Crippen LogP contribution < -0.4 is 15.5 Å². The first-order chi connectivity index (χ1) is 12.7. The number of carbonyl (C=O) groups excluding carboxylic acids is 1. The average Bonchev–Trinajstić information content (AvgIpc) is 2.69. The Balaban J connectivity index is 1.38. The van der Waals surface area contributed by atoms with Gasteiger partial charge in [-0.2, -0.15) is 0 Å². The fourth-order valence-corrected chi connectivity index (χ4v) is 3.35. The molecule has 1 aliphatic rings. The van der Waals surface area contributed by atoms with E-state index in [1.54, 1.807) is 0 Å². The summed E-state index contributed by atoms with van der Waals surface area (Å²) in [6.45, 7) is 5.62. The number of nitrogens with zero attached hydrogens (tertiary/aromatic N) is 1. The summed E-state index contributed by atoms with van der Waals surface area (Å²) in [5.41, 5.74) is 4.74. The number of hydrogen-bond donors (Lipinski definition) is 2. The van der Waals surface area contributed by atoms with E-state index in [2.05, 4.69) is 58.9 Å². The highest BCUT2D eigenvalue weighted by Gasteiger charge is 2.10. The molecule has 0 saturated carbocycles. The van der Waals surface area contributed by atoms with Crippen LogP contribution in [0.15, 0.2) is 48.5 Å². The molecule has 0 unspecified atom stereocenters. The van der Waals surface area contributed by atoms with Gasteiger partial charge in [0, 0.05) is 44.0 Å². The minimum Gasteiger partial charge on any atom is -0.385 e. The molecular weight excluding hydrogens is 322 g/mol. The van der Waals surface area contributed by atoms with Crippen molar-refractivity contribution in [3.05, 3.63) is 59.7 Å². The van der Waals surface area contributed by atoms with E-state index in [1.807, 2.05) is 12.1 Å². The van der Waals surface area contributed by atoms with Gasteiger partial charge in [0.2, 0.25) is 5.91 Å². The first kappa shape index (κ1) is 18.3. The largest absolute Gasteiger partial charge is 0.385 e. The Labute approximate surface area is 156 Å². The molecule has 2 aromatic rings. The smallest absolute Gasteiger partial charge is 0.222 e. The molecule has 1 heterocycles. The first-order valence-corrected chi connectivity index (χ1v) is 9.62. The second-order valence-corrected chi connectivity index (χ2v) is 6.97. The summed E-state index contributed by atoms with van der Waals surface area (Å²) >= 11 is 0. The third kappa shape index (κ3) is 5.25. The van der Waals surface area contributed by atoms with Crippen molar-refractivity contribution in [1.29, 1.82) is 0 Å². The summed E-state index contributed by atoms with van der Waals surface area (Å²) in [6.07, 6.45) is 4.40. The number of amides is 1. The molecular formula is C22H29N3O. The molecule has 1 amide bonds.